The topological polar surface area (TPSA) is 152 Å². The largest absolute Gasteiger partial charge is 0.443 e. The highest BCUT2D eigenvalue weighted by atomic mass is 32.2. The molecule has 0 saturated carbocycles. The summed E-state index contributed by atoms with van der Waals surface area (Å²) in [6, 6.07) is 5.12. The summed E-state index contributed by atoms with van der Waals surface area (Å²) < 4.78 is 31.2. The third-order valence-corrected chi connectivity index (χ3v) is 6.04. The number of hydrogen-bond donors (Lipinski definition) is 2. The SMILES string of the molecule is Cc1cc(Nc2cc(Nc3ncc(-c4ocnc4C)cc3N(C)S(C)(=O)=O)ncn2)nc(C)n1. The Hall–Kier alpha value is -4.13. The monoisotopic (exact) mass is 481 g/mol. The number of pyridine rings is 1. The molecule has 0 amide bonds. The summed E-state index contributed by atoms with van der Waals surface area (Å²) in [6.07, 6.45) is 5.38. The zero-order valence-electron chi connectivity index (χ0n) is 19.2. The summed E-state index contributed by atoms with van der Waals surface area (Å²) in [5, 5.41) is 6.19. The van der Waals surface area contributed by atoms with Crippen molar-refractivity contribution in [3.05, 3.63) is 54.3 Å². The van der Waals surface area contributed by atoms with Crippen molar-refractivity contribution in [2.24, 2.45) is 0 Å². The van der Waals surface area contributed by atoms with Crippen LogP contribution in [0.2, 0.25) is 0 Å². The molecule has 12 nitrogen and oxygen atoms in total. The van der Waals surface area contributed by atoms with Gasteiger partial charge >= 0.3 is 0 Å². The van der Waals surface area contributed by atoms with Crippen LogP contribution >= 0.6 is 0 Å². The third-order valence-electron chi connectivity index (χ3n) is 4.85. The Morgan fingerprint density at radius 2 is 1.65 bits per heavy atom. The van der Waals surface area contributed by atoms with Crippen LogP contribution in [0.3, 0.4) is 0 Å². The Balaban J connectivity index is 1.68. The lowest BCUT2D eigenvalue weighted by Crippen LogP contribution is -2.26. The van der Waals surface area contributed by atoms with Gasteiger partial charge in [0.05, 0.1) is 17.6 Å². The van der Waals surface area contributed by atoms with E-state index in [9.17, 15) is 8.42 Å². The lowest BCUT2D eigenvalue weighted by molar-refractivity contribution is 0.571. The minimum Gasteiger partial charge on any atom is -0.443 e. The number of aryl methyl sites for hydroxylation is 3. The van der Waals surface area contributed by atoms with Crippen LogP contribution in [0.5, 0.6) is 0 Å². The van der Waals surface area contributed by atoms with E-state index in [2.05, 4.69) is 40.5 Å². The molecule has 4 rings (SSSR count). The molecule has 0 aliphatic heterocycles. The number of nitrogens with zero attached hydrogens (tertiary/aromatic N) is 7. The fourth-order valence-electron chi connectivity index (χ4n) is 3.20. The molecule has 2 N–H and O–H groups in total. The van der Waals surface area contributed by atoms with Gasteiger partial charge in [0.25, 0.3) is 0 Å². The molecular weight excluding hydrogens is 458 g/mol. The summed E-state index contributed by atoms with van der Waals surface area (Å²) in [4.78, 5) is 25.6. The van der Waals surface area contributed by atoms with Crippen LogP contribution in [0, 0.1) is 20.8 Å². The molecule has 0 fully saturated rings. The van der Waals surface area contributed by atoms with Gasteiger partial charge in [0.15, 0.2) is 18.0 Å². The van der Waals surface area contributed by atoms with E-state index in [4.69, 9.17) is 4.42 Å². The molecule has 0 unspecified atom stereocenters. The smallest absolute Gasteiger partial charge is 0.232 e. The van der Waals surface area contributed by atoms with Crippen molar-refractivity contribution in [2.45, 2.75) is 20.8 Å². The predicted octanol–water partition coefficient (Wildman–Crippen LogP) is 3.12. The van der Waals surface area contributed by atoms with E-state index in [1.165, 1.54) is 19.8 Å². The molecule has 0 saturated heterocycles. The van der Waals surface area contributed by atoms with Crippen LogP contribution in [-0.2, 0) is 10.0 Å². The van der Waals surface area contributed by atoms with Crippen molar-refractivity contribution in [3.8, 4) is 11.3 Å². The van der Waals surface area contributed by atoms with Crippen LogP contribution < -0.4 is 14.9 Å². The second-order valence-corrected chi connectivity index (χ2v) is 9.58. The van der Waals surface area contributed by atoms with Crippen molar-refractivity contribution < 1.29 is 12.8 Å². The molecular formula is C21H23N9O3S. The van der Waals surface area contributed by atoms with Crippen molar-refractivity contribution >= 4 is 39.0 Å². The number of anilines is 5. The van der Waals surface area contributed by atoms with Crippen LogP contribution in [0.15, 0.2) is 41.5 Å². The van der Waals surface area contributed by atoms with Crippen molar-refractivity contribution in [1.29, 1.82) is 0 Å². The summed E-state index contributed by atoms with van der Waals surface area (Å²) in [5.41, 5.74) is 2.39. The summed E-state index contributed by atoms with van der Waals surface area (Å²) >= 11 is 0. The number of rotatable bonds is 7. The van der Waals surface area contributed by atoms with Gasteiger partial charge in [-0.15, -0.1) is 0 Å². The van der Waals surface area contributed by atoms with Gasteiger partial charge in [0.2, 0.25) is 10.0 Å². The number of nitrogens with one attached hydrogen (secondary N) is 2. The Kier molecular flexibility index (Phi) is 6.11. The average Bonchev–Trinajstić information content (AvgIpc) is 3.18. The number of sulfonamides is 1. The van der Waals surface area contributed by atoms with Gasteiger partial charge in [-0.25, -0.2) is 38.3 Å². The Bertz CT molecular complexity index is 1430. The molecule has 0 atom stereocenters. The van der Waals surface area contributed by atoms with Crippen LogP contribution in [0.1, 0.15) is 17.2 Å². The molecule has 0 bridgehead atoms. The van der Waals surface area contributed by atoms with E-state index in [1.807, 2.05) is 6.92 Å². The Morgan fingerprint density at radius 3 is 2.29 bits per heavy atom. The number of aromatic nitrogens is 6. The van der Waals surface area contributed by atoms with Crippen LogP contribution in [0.4, 0.5) is 29.0 Å². The first-order chi connectivity index (χ1) is 16.1. The maximum absolute atomic E-state index is 12.3. The predicted molar refractivity (Wildman–Crippen MR) is 128 cm³/mol. The van der Waals surface area contributed by atoms with Gasteiger partial charge in [0, 0.05) is 36.6 Å². The molecule has 0 radical (unpaired) electrons. The van der Waals surface area contributed by atoms with Gasteiger partial charge in [0.1, 0.15) is 29.6 Å². The standard InChI is InChI=1S/C21H23N9O3S/c1-12-6-19(27-14(3)26-12)28-17-8-18(24-10-23-17)29-21-16(30(4)34(5,31)32)7-15(9-22-21)20-13(2)25-11-33-20/h6-11H,1-5H3,(H2,22,23,24,26,27,28,29). The minimum atomic E-state index is -3.58. The Morgan fingerprint density at radius 1 is 0.912 bits per heavy atom. The molecule has 176 valence electrons. The highest BCUT2D eigenvalue weighted by Crippen LogP contribution is 2.33. The zero-order chi connectivity index (χ0) is 24.5. The van der Waals surface area contributed by atoms with E-state index >= 15 is 0 Å². The maximum Gasteiger partial charge on any atom is 0.232 e. The highest BCUT2D eigenvalue weighted by molar-refractivity contribution is 7.92. The first kappa shape index (κ1) is 23.0. The molecule has 4 aromatic rings. The fraction of sp³-hybridized carbons (Fsp3) is 0.238. The van der Waals surface area contributed by atoms with Gasteiger partial charge in [-0.3, -0.25) is 4.31 Å². The van der Waals surface area contributed by atoms with Crippen molar-refractivity contribution in [2.75, 3.05) is 28.2 Å². The molecule has 13 heteroatoms. The van der Waals surface area contributed by atoms with Gasteiger partial charge in [-0.05, 0) is 26.8 Å². The number of hydrogen-bond acceptors (Lipinski definition) is 11. The van der Waals surface area contributed by atoms with E-state index in [-0.39, 0.29) is 5.82 Å². The van der Waals surface area contributed by atoms with E-state index in [0.29, 0.717) is 46.0 Å². The first-order valence-corrected chi connectivity index (χ1v) is 12.0. The summed E-state index contributed by atoms with van der Waals surface area (Å²) in [5.74, 6) is 2.91. The molecule has 0 aromatic carbocycles. The first-order valence-electron chi connectivity index (χ1n) is 10.1. The van der Waals surface area contributed by atoms with Crippen LogP contribution in [-0.4, -0.2) is 51.6 Å². The summed E-state index contributed by atoms with van der Waals surface area (Å²) in [7, 11) is -2.13. The molecule has 0 aliphatic rings. The van der Waals surface area contributed by atoms with Crippen molar-refractivity contribution in [3.63, 3.8) is 0 Å². The fourth-order valence-corrected chi connectivity index (χ4v) is 3.70. The van der Waals surface area contributed by atoms with Gasteiger partial charge in [-0.1, -0.05) is 0 Å². The average molecular weight is 482 g/mol. The van der Waals surface area contributed by atoms with Gasteiger partial charge < -0.3 is 15.1 Å². The molecule has 4 heterocycles. The normalized spacial score (nSPS) is 11.3. The van der Waals surface area contributed by atoms with E-state index in [1.54, 1.807) is 38.2 Å². The number of oxazole rings is 1. The highest BCUT2D eigenvalue weighted by Gasteiger charge is 2.20. The lowest BCUT2D eigenvalue weighted by Gasteiger charge is -2.20. The second-order valence-electron chi connectivity index (χ2n) is 7.57. The van der Waals surface area contributed by atoms with Gasteiger partial charge in [-0.2, -0.15) is 0 Å². The zero-order valence-corrected chi connectivity index (χ0v) is 20.0. The molecule has 0 aliphatic carbocycles. The van der Waals surface area contributed by atoms with Crippen molar-refractivity contribution in [1.82, 2.24) is 29.9 Å². The Labute approximate surface area is 196 Å². The van der Waals surface area contributed by atoms with E-state index in [0.717, 1.165) is 16.3 Å². The van der Waals surface area contributed by atoms with Crippen LogP contribution in [0.25, 0.3) is 11.3 Å². The lowest BCUT2D eigenvalue weighted by atomic mass is 10.2. The third kappa shape index (κ3) is 5.09. The summed E-state index contributed by atoms with van der Waals surface area (Å²) in [6.45, 7) is 5.48. The van der Waals surface area contributed by atoms with E-state index < -0.39 is 10.0 Å². The quantitative estimate of drug-likeness (QED) is 0.400. The molecule has 0 spiro atoms. The maximum atomic E-state index is 12.3. The molecule has 4 aromatic heterocycles. The minimum absolute atomic E-state index is 0.284. The second kappa shape index (κ2) is 9.02. The molecule has 34 heavy (non-hydrogen) atoms.